The number of allylic oxidation sites excluding steroid dienone is 1. The molecule has 1 aliphatic rings. The van der Waals surface area contributed by atoms with E-state index < -0.39 is 0 Å². The number of pyridine rings is 1. The first-order valence-corrected chi connectivity index (χ1v) is 13.2. The highest BCUT2D eigenvalue weighted by Gasteiger charge is 2.38. The van der Waals surface area contributed by atoms with Crippen molar-refractivity contribution in [1.82, 2.24) is 4.98 Å². The van der Waals surface area contributed by atoms with Crippen molar-refractivity contribution < 1.29 is 0 Å². The zero-order valence-corrected chi connectivity index (χ0v) is 22.2. The lowest BCUT2D eigenvalue weighted by molar-refractivity contribution is 0.661. The van der Waals surface area contributed by atoms with Crippen molar-refractivity contribution in [3.05, 3.63) is 112 Å². The highest BCUT2D eigenvalue weighted by molar-refractivity contribution is 7.16. The largest absolute Gasteiger partial charge is 0.295 e. The van der Waals surface area contributed by atoms with E-state index in [-0.39, 0.29) is 11.0 Å². The first-order valence-electron chi connectivity index (χ1n) is 12.4. The summed E-state index contributed by atoms with van der Waals surface area (Å²) in [6, 6.07) is 31.7. The van der Waals surface area contributed by atoms with Crippen molar-refractivity contribution in [1.29, 1.82) is 10.5 Å². The topological polar surface area (TPSA) is 63.7 Å². The van der Waals surface area contributed by atoms with Gasteiger partial charge in [-0.05, 0) is 71.3 Å². The zero-order chi connectivity index (χ0) is 26.4. The van der Waals surface area contributed by atoms with Gasteiger partial charge < -0.3 is 0 Å². The van der Waals surface area contributed by atoms with Crippen LogP contribution in [0.3, 0.4) is 0 Å². The summed E-state index contributed by atoms with van der Waals surface area (Å²) in [7, 11) is 0. The molecule has 0 bridgehead atoms. The molecule has 2 aromatic heterocycles. The second kappa shape index (κ2) is 8.99. The number of hydrogen-bond acceptors (Lipinski definition) is 5. The molecule has 0 amide bonds. The Balaban J connectivity index is 1.49. The quantitative estimate of drug-likeness (QED) is 0.228. The molecular weight excluding hydrogens is 484 g/mol. The molecule has 182 valence electrons. The number of fused-ring (bicyclic) bond motifs is 4. The Morgan fingerprint density at radius 1 is 0.868 bits per heavy atom. The summed E-state index contributed by atoms with van der Waals surface area (Å²) in [5.41, 5.74) is 6.71. The molecular formula is C33H24N4S. The van der Waals surface area contributed by atoms with Gasteiger partial charge >= 0.3 is 0 Å². The molecule has 0 N–H and O–H groups in total. The number of nitrogens with zero attached hydrogens (tertiary/aromatic N) is 4. The van der Waals surface area contributed by atoms with Gasteiger partial charge in [0.2, 0.25) is 0 Å². The van der Waals surface area contributed by atoms with Crippen LogP contribution in [0.5, 0.6) is 0 Å². The Morgan fingerprint density at radius 2 is 1.58 bits per heavy atom. The molecule has 0 saturated heterocycles. The summed E-state index contributed by atoms with van der Waals surface area (Å²) in [6.07, 6.45) is 3.64. The second-order valence-electron chi connectivity index (χ2n) is 10.1. The van der Waals surface area contributed by atoms with Crippen molar-refractivity contribution in [3.63, 3.8) is 0 Å². The molecule has 1 aliphatic carbocycles. The smallest absolute Gasteiger partial charge is 0.137 e. The van der Waals surface area contributed by atoms with E-state index in [0.717, 1.165) is 32.5 Å². The maximum absolute atomic E-state index is 9.19. The minimum Gasteiger partial charge on any atom is -0.295 e. The molecule has 0 fully saturated rings. The average Bonchev–Trinajstić information content (AvgIpc) is 3.45. The fourth-order valence-electron chi connectivity index (χ4n) is 5.21. The minimum atomic E-state index is -0.243. The molecule has 5 aromatic rings. The van der Waals surface area contributed by atoms with E-state index >= 15 is 0 Å². The van der Waals surface area contributed by atoms with Crippen molar-refractivity contribution in [2.45, 2.75) is 26.2 Å². The van der Waals surface area contributed by atoms with Gasteiger partial charge in [0.15, 0.2) is 0 Å². The first-order chi connectivity index (χ1) is 18.4. The van der Waals surface area contributed by atoms with Crippen LogP contribution in [0.2, 0.25) is 0 Å². The molecule has 3 aromatic carbocycles. The molecule has 38 heavy (non-hydrogen) atoms. The number of nitriles is 2. The number of aryl methyl sites for hydroxylation is 1. The van der Waals surface area contributed by atoms with Gasteiger partial charge in [0, 0.05) is 38.3 Å². The van der Waals surface area contributed by atoms with Crippen LogP contribution in [-0.4, -0.2) is 4.98 Å². The van der Waals surface area contributed by atoms with Crippen LogP contribution in [0.15, 0.2) is 90.6 Å². The van der Waals surface area contributed by atoms with Gasteiger partial charge in [0.1, 0.15) is 23.5 Å². The van der Waals surface area contributed by atoms with E-state index in [2.05, 4.69) is 105 Å². The van der Waals surface area contributed by atoms with E-state index in [4.69, 9.17) is 4.98 Å². The lowest BCUT2D eigenvalue weighted by atomic mass is 9.83. The fraction of sp³-hybridized carbons (Fsp3) is 0.121. The molecule has 6 rings (SSSR count). The minimum absolute atomic E-state index is 0.112. The van der Waals surface area contributed by atoms with E-state index in [0.29, 0.717) is 0 Å². The van der Waals surface area contributed by atoms with Crippen molar-refractivity contribution >= 4 is 45.4 Å². The molecule has 0 saturated carbocycles. The molecule has 0 atom stereocenters. The van der Waals surface area contributed by atoms with Gasteiger partial charge in [-0.25, -0.2) is 4.98 Å². The lowest BCUT2D eigenvalue weighted by Gasteiger charge is -2.27. The van der Waals surface area contributed by atoms with Gasteiger partial charge in [-0.1, -0.05) is 61.9 Å². The number of anilines is 3. The van der Waals surface area contributed by atoms with Crippen LogP contribution in [0.4, 0.5) is 17.2 Å². The van der Waals surface area contributed by atoms with Crippen molar-refractivity contribution in [2.24, 2.45) is 0 Å². The molecule has 2 heterocycles. The van der Waals surface area contributed by atoms with Gasteiger partial charge in [-0.15, -0.1) is 11.3 Å². The SMILES string of the molecule is Cc1ccc(N(c2ccc3ccccc3c2)c2cc3c(cn2)-c2sc(C=C(C#N)C#N)cc2C3(C)C)cc1. The third-order valence-corrected chi connectivity index (χ3v) is 8.39. The van der Waals surface area contributed by atoms with E-state index in [1.165, 1.54) is 27.5 Å². The number of thiophene rings is 1. The average molecular weight is 509 g/mol. The molecule has 0 radical (unpaired) electrons. The monoisotopic (exact) mass is 508 g/mol. The van der Waals surface area contributed by atoms with Crippen LogP contribution in [0, 0.1) is 29.6 Å². The summed E-state index contributed by atoms with van der Waals surface area (Å²) < 4.78 is 0. The van der Waals surface area contributed by atoms with Gasteiger partial charge in [0.25, 0.3) is 0 Å². The molecule has 5 heteroatoms. The Labute approximate surface area is 226 Å². The number of rotatable bonds is 4. The number of aromatic nitrogens is 1. The summed E-state index contributed by atoms with van der Waals surface area (Å²) in [6.45, 7) is 6.55. The lowest BCUT2D eigenvalue weighted by Crippen LogP contribution is -2.17. The maximum atomic E-state index is 9.19. The number of hydrogen-bond donors (Lipinski definition) is 0. The fourth-order valence-corrected chi connectivity index (χ4v) is 6.50. The Hall–Kier alpha value is -4.71. The molecule has 0 aliphatic heterocycles. The third-order valence-electron chi connectivity index (χ3n) is 7.27. The summed E-state index contributed by atoms with van der Waals surface area (Å²) in [5, 5.41) is 20.8. The Morgan fingerprint density at radius 3 is 2.32 bits per heavy atom. The first kappa shape index (κ1) is 23.7. The van der Waals surface area contributed by atoms with Gasteiger partial charge in [0.05, 0.1) is 0 Å². The predicted octanol–water partition coefficient (Wildman–Crippen LogP) is 8.81. The Bertz CT molecular complexity index is 1810. The van der Waals surface area contributed by atoms with Crippen LogP contribution >= 0.6 is 11.3 Å². The highest BCUT2D eigenvalue weighted by atomic mass is 32.1. The predicted molar refractivity (Wildman–Crippen MR) is 156 cm³/mol. The Kier molecular flexibility index (Phi) is 5.60. The van der Waals surface area contributed by atoms with Crippen LogP contribution in [-0.2, 0) is 5.41 Å². The summed E-state index contributed by atoms with van der Waals surface area (Å²) >= 11 is 1.60. The van der Waals surface area contributed by atoms with Crippen molar-refractivity contribution in [2.75, 3.05) is 4.90 Å². The van der Waals surface area contributed by atoms with Gasteiger partial charge in [-0.2, -0.15) is 10.5 Å². The molecule has 4 nitrogen and oxygen atoms in total. The van der Waals surface area contributed by atoms with Crippen LogP contribution in [0.25, 0.3) is 27.3 Å². The zero-order valence-electron chi connectivity index (χ0n) is 21.4. The second-order valence-corrected chi connectivity index (χ2v) is 11.2. The summed E-state index contributed by atoms with van der Waals surface area (Å²) in [5.74, 6) is 0.863. The maximum Gasteiger partial charge on any atom is 0.137 e. The van der Waals surface area contributed by atoms with Crippen molar-refractivity contribution in [3.8, 4) is 22.6 Å². The van der Waals surface area contributed by atoms with Gasteiger partial charge in [-0.3, -0.25) is 4.90 Å². The van der Waals surface area contributed by atoms with Crippen LogP contribution in [0.1, 0.15) is 35.4 Å². The highest BCUT2D eigenvalue weighted by Crippen LogP contribution is 2.53. The molecule has 0 spiro atoms. The standard InChI is InChI=1S/C33H24N4S/c1-21-8-11-25(12-9-21)37(26-13-10-23-6-4-5-7-24(23)15-26)31-17-29-28(20-36-31)32-30(33(29,2)3)16-27(38-32)14-22(18-34)19-35/h4-17,20H,1-3H3. The van der Waals surface area contributed by atoms with E-state index in [1.807, 2.05) is 18.3 Å². The van der Waals surface area contributed by atoms with E-state index in [1.54, 1.807) is 17.4 Å². The van der Waals surface area contributed by atoms with Crippen LogP contribution < -0.4 is 4.90 Å². The third kappa shape index (κ3) is 3.86. The molecule has 0 unspecified atom stereocenters. The normalized spacial score (nSPS) is 12.8. The number of benzene rings is 3. The van der Waals surface area contributed by atoms with E-state index in [9.17, 15) is 10.5 Å². The summed E-state index contributed by atoms with van der Waals surface area (Å²) in [4.78, 5) is 9.26.